The van der Waals surface area contributed by atoms with E-state index in [4.69, 9.17) is 5.73 Å². The molecule has 3 aliphatic carbocycles. The highest BCUT2D eigenvalue weighted by atomic mass is 15.4. The average Bonchev–Trinajstić information content (AvgIpc) is 3.59. The van der Waals surface area contributed by atoms with Crippen molar-refractivity contribution in [3.05, 3.63) is 70.8 Å². The van der Waals surface area contributed by atoms with Gasteiger partial charge in [0.15, 0.2) is 5.82 Å². The summed E-state index contributed by atoms with van der Waals surface area (Å²) in [4.78, 5) is 7.38. The lowest BCUT2D eigenvalue weighted by Gasteiger charge is -2.38. The van der Waals surface area contributed by atoms with E-state index in [9.17, 15) is 0 Å². The van der Waals surface area contributed by atoms with Gasteiger partial charge in [-0.15, -0.1) is 15.3 Å². The summed E-state index contributed by atoms with van der Waals surface area (Å²) in [5.74, 6) is 3.27. The Morgan fingerprint density at radius 1 is 0.927 bits per heavy atom. The van der Waals surface area contributed by atoms with Crippen LogP contribution in [-0.2, 0) is 25.7 Å². The van der Waals surface area contributed by atoms with E-state index >= 15 is 0 Å². The predicted octanol–water partition coefficient (Wildman–Crippen LogP) is 5.52. The van der Waals surface area contributed by atoms with Gasteiger partial charge in [0.2, 0.25) is 11.9 Å². The highest BCUT2D eigenvalue weighted by Gasteiger charge is 2.52. The van der Waals surface area contributed by atoms with Gasteiger partial charge in [-0.2, -0.15) is 9.67 Å². The maximum absolute atomic E-state index is 6.33. The Morgan fingerprint density at radius 3 is 2.66 bits per heavy atom. The summed E-state index contributed by atoms with van der Waals surface area (Å²) >= 11 is 0. The lowest BCUT2D eigenvalue weighted by atomic mass is 9.72. The fraction of sp³-hybridized carbons (Fsp3) is 0.455. The second-order valence-corrected chi connectivity index (χ2v) is 12.5. The summed E-state index contributed by atoms with van der Waals surface area (Å²) in [6, 6.07) is 18.8. The van der Waals surface area contributed by atoms with E-state index in [0.717, 1.165) is 67.4 Å². The normalized spacial score (nSPS) is 24.9. The largest absolute Gasteiger partial charge is 0.368 e. The number of hydrogen-bond donors (Lipinski definition) is 2. The first-order valence-electron chi connectivity index (χ1n) is 15.5. The number of aryl methyl sites for hydroxylation is 4. The van der Waals surface area contributed by atoms with Gasteiger partial charge in [0, 0.05) is 29.9 Å². The number of rotatable bonds is 5. The number of anilines is 3. The van der Waals surface area contributed by atoms with Gasteiger partial charge in [-0.1, -0.05) is 43.7 Å². The van der Waals surface area contributed by atoms with Crippen molar-refractivity contribution in [2.75, 3.05) is 17.6 Å². The summed E-state index contributed by atoms with van der Waals surface area (Å²) in [5.41, 5.74) is 14.9. The third kappa shape index (κ3) is 4.31. The molecule has 41 heavy (non-hydrogen) atoms. The van der Waals surface area contributed by atoms with Crippen LogP contribution in [0.3, 0.4) is 0 Å². The van der Waals surface area contributed by atoms with Crippen LogP contribution in [0.1, 0.15) is 61.3 Å². The number of nitrogens with one attached hydrogen (secondary N) is 1. The molecule has 8 nitrogen and oxygen atoms in total. The minimum absolute atomic E-state index is 0.294. The molecule has 2 aromatic carbocycles. The van der Waals surface area contributed by atoms with Crippen LogP contribution in [0.25, 0.3) is 17.1 Å². The fourth-order valence-electron chi connectivity index (χ4n) is 8.15. The van der Waals surface area contributed by atoms with Crippen molar-refractivity contribution in [3.63, 3.8) is 0 Å². The van der Waals surface area contributed by atoms with Crippen LogP contribution in [-0.4, -0.2) is 48.5 Å². The van der Waals surface area contributed by atoms with Crippen molar-refractivity contribution in [3.8, 4) is 17.1 Å². The molecule has 4 atom stereocenters. The molecule has 9 rings (SSSR count). The minimum atomic E-state index is 0.294. The Labute approximate surface area is 241 Å². The maximum Gasteiger partial charge on any atom is 0.248 e. The molecule has 4 heterocycles. The van der Waals surface area contributed by atoms with Crippen molar-refractivity contribution in [2.24, 2.45) is 11.8 Å². The molecule has 5 aliphatic rings. The third-order valence-electron chi connectivity index (χ3n) is 10.3. The molecule has 0 radical (unpaired) electrons. The number of benzene rings is 2. The van der Waals surface area contributed by atoms with Gasteiger partial charge in [-0.05, 0) is 104 Å². The first-order valence-corrected chi connectivity index (χ1v) is 15.5. The smallest absolute Gasteiger partial charge is 0.248 e. The molecule has 4 unspecified atom stereocenters. The van der Waals surface area contributed by atoms with Crippen LogP contribution < -0.4 is 11.1 Å². The topological polar surface area (TPSA) is 97.8 Å². The maximum atomic E-state index is 6.33. The molecule has 2 saturated heterocycles. The van der Waals surface area contributed by atoms with Crippen LogP contribution in [0.4, 0.5) is 17.6 Å². The lowest BCUT2D eigenvalue weighted by Crippen LogP contribution is -2.43. The Bertz CT molecular complexity index is 1610. The summed E-state index contributed by atoms with van der Waals surface area (Å²) < 4.78 is 1.59. The molecular formula is C33H38N8. The Morgan fingerprint density at radius 2 is 1.78 bits per heavy atom. The van der Waals surface area contributed by atoms with Crippen LogP contribution in [0.2, 0.25) is 0 Å². The van der Waals surface area contributed by atoms with Gasteiger partial charge in [-0.3, -0.25) is 4.90 Å². The summed E-state index contributed by atoms with van der Waals surface area (Å²) in [5, 5.41) is 17.2. The quantitative estimate of drug-likeness (QED) is 0.318. The van der Waals surface area contributed by atoms with Gasteiger partial charge < -0.3 is 11.1 Å². The van der Waals surface area contributed by atoms with Gasteiger partial charge in [-0.25, -0.2) is 0 Å². The van der Waals surface area contributed by atoms with Crippen molar-refractivity contribution in [1.82, 2.24) is 29.9 Å². The monoisotopic (exact) mass is 546 g/mol. The molecule has 210 valence electrons. The summed E-state index contributed by atoms with van der Waals surface area (Å²) in [6.07, 6.45) is 10.6. The Balaban J connectivity index is 0.991. The molecule has 2 aromatic heterocycles. The van der Waals surface area contributed by atoms with E-state index in [1.54, 1.807) is 4.68 Å². The van der Waals surface area contributed by atoms with E-state index in [1.807, 2.05) is 0 Å². The predicted molar refractivity (Wildman–Crippen MR) is 161 cm³/mol. The summed E-state index contributed by atoms with van der Waals surface area (Å²) in [7, 11) is 0. The van der Waals surface area contributed by atoms with Crippen LogP contribution >= 0.6 is 0 Å². The Hall–Kier alpha value is -3.78. The second kappa shape index (κ2) is 9.94. The first kappa shape index (κ1) is 25.0. The van der Waals surface area contributed by atoms with Gasteiger partial charge in [0.1, 0.15) is 0 Å². The van der Waals surface area contributed by atoms with E-state index in [-0.39, 0.29) is 0 Å². The van der Waals surface area contributed by atoms with E-state index in [0.29, 0.717) is 17.7 Å². The minimum Gasteiger partial charge on any atom is -0.368 e. The molecule has 0 spiro atoms. The number of hydrogen-bond acceptors (Lipinski definition) is 7. The van der Waals surface area contributed by atoms with Gasteiger partial charge in [0.25, 0.3) is 0 Å². The molecule has 4 aromatic rings. The fourth-order valence-corrected chi connectivity index (χ4v) is 8.15. The number of aromatic nitrogens is 5. The molecule has 8 heteroatoms. The van der Waals surface area contributed by atoms with Crippen LogP contribution in [0, 0.1) is 11.8 Å². The second-order valence-electron chi connectivity index (χ2n) is 12.5. The SMILES string of the molecule is CCC1C2CC1N(C1CCc3ccc(Nc4nc(N)n(-c5cc6c(nn5)-c5ccccc5CCC6)n4)cc3CC1)C2. The van der Waals surface area contributed by atoms with Gasteiger partial charge >= 0.3 is 0 Å². The number of fused-ring (bicyclic) bond motifs is 5. The van der Waals surface area contributed by atoms with Crippen molar-refractivity contribution < 1.29 is 0 Å². The summed E-state index contributed by atoms with van der Waals surface area (Å²) in [6.45, 7) is 3.70. The van der Waals surface area contributed by atoms with Crippen molar-refractivity contribution >= 4 is 17.6 Å². The van der Waals surface area contributed by atoms with E-state index < -0.39 is 0 Å². The molecule has 2 aliphatic heterocycles. The Kier molecular flexibility index (Phi) is 6.06. The highest BCUT2D eigenvalue weighted by molar-refractivity contribution is 5.68. The van der Waals surface area contributed by atoms with Crippen molar-refractivity contribution in [2.45, 2.75) is 76.8 Å². The van der Waals surface area contributed by atoms with E-state index in [2.05, 4.69) is 86.0 Å². The average molecular weight is 547 g/mol. The van der Waals surface area contributed by atoms with E-state index in [1.165, 1.54) is 60.0 Å². The van der Waals surface area contributed by atoms with Crippen LogP contribution in [0.5, 0.6) is 0 Å². The molecule has 0 amide bonds. The van der Waals surface area contributed by atoms with Crippen molar-refractivity contribution in [1.29, 1.82) is 0 Å². The first-order chi connectivity index (χ1) is 20.1. The molecule has 3 fully saturated rings. The number of nitrogens with two attached hydrogens (primary N) is 1. The van der Waals surface area contributed by atoms with Crippen LogP contribution in [0.15, 0.2) is 48.5 Å². The molecule has 3 N–H and O–H groups in total. The third-order valence-corrected chi connectivity index (χ3v) is 10.3. The zero-order chi connectivity index (χ0) is 27.5. The number of nitrogen functional groups attached to an aromatic ring is 1. The molecule has 1 saturated carbocycles. The zero-order valence-corrected chi connectivity index (χ0v) is 23.8. The molecular weight excluding hydrogens is 508 g/mol. The zero-order valence-electron chi connectivity index (χ0n) is 23.8. The standard InChI is InChI=1S/C33H38N8/c1-2-27-24-17-29(27)40(19-24)26-14-11-20-10-13-25(16-22(20)12-15-26)35-33-36-32(34)41(39-33)30-18-23-8-5-7-21-6-3-4-9-28(21)31(23)38-37-30/h3-4,6,9-10,13,16,18,24,26-27,29H,2,5,7-8,11-12,14-15,17,19H2,1H3,(H3,34,35,36,39). The highest BCUT2D eigenvalue weighted by Crippen LogP contribution is 2.49. The lowest BCUT2D eigenvalue weighted by molar-refractivity contribution is 0.113. The van der Waals surface area contributed by atoms with Gasteiger partial charge in [0.05, 0.1) is 5.69 Å². The molecule has 2 bridgehead atoms. The number of nitrogens with zero attached hydrogens (tertiary/aromatic N) is 6.